The number of carbonyl (C=O) groups is 1. The standard InChI is InChI=1S/C9H8ClN2O/c10-8-3-1-2-7(12-8)9(13)11-6-4-5-6/h1-2,6H,4-5H2,(H,11,13). The van der Waals surface area contributed by atoms with Gasteiger partial charge in [-0.05, 0) is 25.0 Å². The number of halogens is 1. The summed E-state index contributed by atoms with van der Waals surface area (Å²) in [6.07, 6.45) is 2.14. The highest BCUT2D eigenvalue weighted by Crippen LogP contribution is 2.19. The van der Waals surface area contributed by atoms with Crippen LogP contribution in [0.4, 0.5) is 0 Å². The molecule has 1 saturated carbocycles. The number of amides is 1. The van der Waals surface area contributed by atoms with Gasteiger partial charge in [-0.3, -0.25) is 4.79 Å². The summed E-state index contributed by atoms with van der Waals surface area (Å²) >= 11 is 5.59. The smallest absolute Gasteiger partial charge is 0.270 e. The van der Waals surface area contributed by atoms with Gasteiger partial charge in [0.2, 0.25) is 0 Å². The van der Waals surface area contributed by atoms with E-state index in [1.54, 1.807) is 12.1 Å². The van der Waals surface area contributed by atoms with Crippen molar-refractivity contribution >= 4 is 17.5 Å². The number of carbonyl (C=O) groups excluding carboxylic acids is 1. The first-order valence-corrected chi connectivity index (χ1v) is 4.48. The van der Waals surface area contributed by atoms with E-state index in [4.69, 9.17) is 11.6 Å². The Balaban J connectivity index is 2.09. The molecule has 0 atom stereocenters. The predicted octanol–water partition coefficient (Wildman–Crippen LogP) is 1.43. The fourth-order valence-electron chi connectivity index (χ4n) is 0.978. The van der Waals surface area contributed by atoms with Gasteiger partial charge >= 0.3 is 0 Å². The van der Waals surface area contributed by atoms with Crippen molar-refractivity contribution in [3.63, 3.8) is 0 Å². The molecule has 1 aliphatic carbocycles. The van der Waals surface area contributed by atoms with Crippen LogP contribution in [0.2, 0.25) is 5.15 Å². The van der Waals surface area contributed by atoms with Gasteiger partial charge < -0.3 is 5.32 Å². The molecular formula is C9H8ClN2O. The maximum atomic E-state index is 11.4. The molecule has 1 heterocycles. The third-order valence-electron chi connectivity index (χ3n) is 1.81. The number of aromatic nitrogens is 1. The average molecular weight is 196 g/mol. The summed E-state index contributed by atoms with van der Waals surface area (Å²) in [4.78, 5) is 15.3. The first kappa shape index (κ1) is 8.51. The lowest BCUT2D eigenvalue weighted by Gasteiger charge is -2.01. The van der Waals surface area contributed by atoms with Crippen molar-refractivity contribution in [2.24, 2.45) is 0 Å². The van der Waals surface area contributed by atoms with Crippen LogP contribution in [-0.2, 0) is 0 Å². The second-order valence-corrected chi connectivity index (χ2v) is 3.37. The largest absolute Gasteiger partial charge is 0.348 e. The lowest BCUT2D eigenvalue weighted by Crippen LogP contribution is -2.26. The number of rotatable bonds is 2. The summed E-state index contributed by atoms with van der Waals surface area (Å²) < 4.78 is 0. The zero-order chi connectivity index (χ0) is 9.26. The summed E-state index contributed by atoms with van der Waals surface area (Å²) in [5.41, 5.74) is 0.357. The van der Waals surface area contributed by atoms with Crippen LogP contribution in [0.1, 0.15) is 23.3 Å². The Bertz CT molecular complexity index is 336. The van der Waals surface area contributed by atoms with Gasteiger partial charge in [0.1, 0.15) is 10.8 Å². The Labute approximate surface area is 81.1 Å². The highest BCUT2D eigenvalue weighted by atomic mass is 35.5. The van der Waals surface area contributed by atoms with Crippen molar-refractivity contribution in [3.8, 4) is 0 Å². The van der Waals surface area contributed by atoms with Crippen molar-refractivity contribution < 1.29 is 4.79 Å². The molecule has 0 aromatic carbocycles. The topological polar surface area (TPSA) is 42.0 Å². The van der Waals surface area contributed by atoms with E-state index in [-0.39, 0.29) is 11.1 Å². The molecular weight excluding hydrogens is 188 g/mol. The number of hydrogen-bond donors (Lipinski definition) is 1. The molecule has 3 nitrogen and oxygen atoms in total. The van der Waals surface area contributed by atoms with Crippen molar-refractivity contribution in [1.29, 1.82) is 0 Å². The van der Waals surface area contributed by atoms with Gasteiger partial charge in [-0.15, -0.1) is 0 Å². The molecule has 1 aromatic heterocycles. The van der Waals surface area contributed by atoms with Gasteiger partial charge in [0.05, 0.1) is 0 Å². The molecule has 0 aliphatic heterocycles. The first-order valence-electron chi connectivity index (χ1n) is 4.11. The third kappa shape index (κ3) is 2.18. The van der Waals surface area contributed by atoms with Crippen molar-refractivity contribution in [2.45, 2.75) is 18.9 Å². The lowest BCUT2D eigenvalue weighted by atomic mass is 10.3. The van der Waals surface area contributed by atoms with Crippen molar-refractivity contribution in [2.75, 3.05) is 0 Å². The molecule has 0 bridgehead atoms. The van der Waals surface area contributed by atoms with Crippen LogP contribution in [0.3, 0.4) is 0 Å². The molecule has 1 aromatic rings. The Morgan fingerprint density at radius 3 is 3.08 bits per heavy atom. The van der Waals surface area contributed by atoms with Crippen molar-refractivity contribution in [3.05, 3.63) is 29.0 Å². The molecule has 4 heteroatoms. The molecule has 1 aliphatic rings. The van der Waals surface area contributed by atoms with Gasteiger partial charge in [-0.2, -0.15) is 0 Å². The zero-order valence-corrected chi connectivity index (χ0v) is 7.64. The first-order chi connectivity index (χ1) is 6.25. The SMILES string of the molecule is O=C(NC1CC1)c1cc[c]c(Cl)n1. The van der Waals surface area contributed by atoms with Gasteiger partial charge in [0.25, 0.3) is 5.91 Å². The van der Waals surface area contributed by atoms with Crippen LogP contribution in [0.15, 0.2) is 12.1 Å². The molecule has 0 unspecified atom stereocenters. The summed E-state index contributed by atoms with van der Waals surface area (Å²) in [6, 6.07) is 6.21. The van der Waals surface area contributed by atoms with E-state index in [9.17, 15) is 4.79 Å². The van der Waals surface area contributed by atoms with Gasteiger partial charge in [0.15, 0.2) is 0 Å². The minimum absolute atomic E-state index is 0.154. The van der Waals surface area contributed by atoms with E-state index in [0.717, 1.165) is 12.8 Å². The summed E-state index contributed by atoms with van der Waals surface area (Å²) in [7, 11) is 0. The van der Waals surface area contributed by atoms with Crippen LogP contribution in [0.25, 0.3) is 0 Å². The molecule has 1 N–H and O–H groups in total. The predicted molar refractivity (Wildman–Crippen MR) is 48.6 cm³/mol. The Morgan fingerprint density at radius 2 is 2.46 bits per heavy atom. The van der Waals surface area contributed by atoms with Gasteiger partial charge in [-0.1, -0.05) is 11.6 Å². The fourth-order valence-corrected chi connectivity index (χ4v) is 1.13. The van der Waals surface area contributed by atoms with E-state index in [1.807, 2.05) is 0 Å². The Morgan fingerprint density at radius 1 is 1.69 bits per heavy atom. The molecule has 13 heavy (non-hydrogen) atoms. The molecule has 1 fully saturated rings. The minimum Gasteiger partial charge on any atom is -0.348 e. The summed E-state index contributed by atoms with van der Waals surface area (Å²) in [6.45, 7) is 0. The monoisotopic (exact) mass is 195 g/mol. The fraction of sp³-hybridized carbons (Fsp3) is 0.333. The number of nitrogens with one attached hydrogen (secondary N) is 1. The molecule has 1 radical (unpaired) electrons. The summed E-state index contributed by atoms with van der Waals surface area (Å²) in [5, 5.41) is 3.05. The van der Waals surface area contributed by atoms with Crippen LogP contribution >= 0.6 is 11.6 Å². The van der Waals surface area contributed by atoms with E-state index in [2.05, 4.69) is 16.4 Å². The molecule has 67 valence electrons. The van der Waals surface area contributed by atoms with Crippen LogP contribution in [0, 0.1) is 6.07 Å². The van der Waals surface area contributed by atoms with Crippen LogP contribution in [0.5, 0.6) is 0 Å². The Hall–Kier alpha value is -1.09. The Kier molecular flexibility index (Phi) is 2.19. The number of pyridine rings is 1. The third-order valence-corrected chi connectivity index (χ3v) is 2.00. The highest BCUT2D eigenvalue weighted by molar-refractivity contribution is 6.29. The molecule has 2 rings (SSSR count). The quantitative estimate of drug-likeness (QED) is 0.726. The van der Waals surface area contributed by atoms with Crippen LogP contribution < -0.4 is 5.32 Å². The molecule has 0 saturated heterocycles. The van der Waals surface area contributed by atoms with Gasteiger partial charge in [-0.25, -0.2) is 4.98 Å². The summed E-state index contributed by atoms with van der Waals surface area (Å²) in [5.74, 6) is -0.154. The maximum absolute atomic E-state index is 11.4. The number of hydrogen-bond acceptors (Lipinski definition) is 2. The minimum atomic E-state index is -0.154. The highest BCUT2D eigenvalue weighted by Gasteiger charge is 2.24. The molecule has 1 amide bonds. The zero-order valence-electron chi connectivity index (χ0n) is 6.88. The second kappa shape index (κ2) is 3.34. The normalized spacial score (nSPS) is 15.5. The van der Waals surface area contributed by atoms with E-state index in [0.29, 0.717) is 11.7 Å². The average Bonchev–Trinajstić information content (AvgIpc) is 2.88. The van der Waals surface area contributed by atoms with E-state index in [1.165, 1.54) is 0 Å². The second-order valence-electron chi connectivity index (χ2n) is 3.01. The van der Waals surface area contributed by atoms with E-state index < -0.39 is 0 Å². The van der Waals surface area contributed by atoms with E-state index >= 15 is 0 Å². The number of nitrogens with zero attached hydrogens (tertiary/aromatic N) is 1. The van der Waals surface area contributed by atoms with Gasteiger partial charge in [0, 0.05) is 12.1 Å². The van der Waals surface area contributed by atoms with Crippen molar-refractivity contribution in [1.82, 2.24) is 10.3 Å². The molecule has 0 spiro atoms. The lowest BCUT2D eigenvalue weighted by molar-refractivity contribution is 0.0946. The maximum Gasteiger partial charge on any atom is 0.270 e. The van der Waals surface area contributed by atoms with Crippen LogP contribution in [-0.4, -0.2) is 16.9 Å².